The summed E-state index contributed by atoms with van der Waals surface area (Å²) < 4.78 is 6.66. The van der Waals surface area contributed by atoms with Gasteiger partial charge in [0.2, 0.25) is 5.91 Å². The first-order chi connectivity index (χ1) is 16.8. The Morgan fingerprint density at radius 1 is 1.06 bits per heavy atom. The Morgan fingerprint density at radius 3 is 2.46 bits per heavy atom. The van der Waals surface area contributed by atoms with E-state index in [4.69, 9.17) is 4.74 Å². The quantitative estimate of drug-likeness (QED) is 0.296. The highest BCUT2D eigenvalue weighted by molar-refractivity contribution is 7.20. The van der Waals surface area contributed by atoms with Crippen LogP contribution in [0.2, 0.25) is 0 Å². The number of anilines is 1. The van der Waals surface area contributed by atoms with Gasteiger partial charge < -0.3 is 10.1 Å². The predicted octanol–water partition coefficient (Wildman–Crippen LogP) is 4.01. The Hall–Kier alpha value is -4.11. The first-order valence-corrected chi connectivity index (χ1v) is 11.8. The molecule has 35 heavy (non-hydrogen) atoms. The fourth-order valence-corrected chi connectivity index (χ4v) is 4.66. The van der Waals surface area contributed by atoms with Crippen LogP contribution in [-0.2, 0) is 22.5 Å². The standard InChI is InChI=1S/C26H23N3O5S/c1-16-22-24(35-23(16)26(33)34-13-12-18-6-4-3-5-7-18)27-15-29(25(22)32)14-21(31)19-8-10-20(11-9-19)28-17(2)30/h3-11,15H,12-14H2,1-2H3,(H,28,30). The summed E-state index contributed by atoms with van der Waals surface area (Å²) in [6.45, 7) is 3.11. The number of aryl methyl sites for hydroxylation is 1. The zero-order chi connectivity index (χ0) is 24.9. The monoisotopic (exact) mass is 489 g/mol. The Bertz CT molecular complexity index is 1460. The van der Waals surface area contributed by atoms with Crippen molar-refractivity contribution in [3.8, 4) is 0 Å². The van der Waals surface area contributed by atoms with Crippen LogP contribution in [0.15, 0.2) is 65.7 Å². The van der Waals surface area contributed by atoms with Gasteiger partial charge in [-0.05, 0) is 42.3 Å². The molecule has 0 saturated heterocycles. The van der Waals surface area contributed by atoms with Crippen molar-refractivity contribution in [3.63, 3.8) is 0 Å². The Morgan fingerprint density at radius 2 is 1.77 bits per heavy atom. The maximum Gasteiger partial charge on any atom is 0.348 e. The highest BCUT2D eigenvalue weighted by atomic mass is 32.1. The van der Waals surface area contributed by atoms with Crippen LogP contribution in [0.1, 0.15) is 38.1 Å². The van der Waals surface area contributed by atoms with E-state index >= 15 is 0 Å². The zero-order valence-corrected chi connectivity index (χ0v) is 20.1. The number of thiophene rings is 1. The van der Waals surface area contributed by atoms with Crippen molar-refractivity contribution in [2.75, 3.05) is 11.9 Å². The predicted molar refractivity (Wildman–Crippen MR) is 134 cm³/mol. The minimum absolute atomic E-state index is 0.201. The number of hydrogen-bond acceptors (Lipinski definition) is 7. The fourth-order valence-electron chi connectivity index (χ4n) is 3.63. The van der Waals surface area contributed by atoms with Crippen LogP contribution in [-0.4, -0.2) is 33.8 Å². The molecule has 0 spiro atoms. The lowest BCUT2D eigenvalue weighted by Crippen LogP contribution is -2.24. The molecule has 0 saturated carbocycles. The van der Waals surface area contributed by atoms with Gasteiger partial charge in [-0.1, -0.05) is 30.3 Å². The SMILES string of the molecule is CC(=O)Nc1ccc(C(=O)Cn2cnc3sc(C(=O)OCCc4ccccc4)c(C)c3c2=O)cc1. The van der Waals surface area contributed by atoms with E-state index in [9.17, 15) is 19.2 Å². The summed E-state index contributed by atoms with van der Waals surface area (Å²) in [6.07, 6.45) is 1.91. The summed E-state index contributed by atoms with van der Waals surface area (Å²) in [7, 11) is 0. The molecule has 1 amide bonds. The number of carbonyl (C=O) groups excluding carboxylic acids is 3. The third kappa shape index (κ3) is 5.52. The molecule has 9 heteroatoms. The second-order valence-electron chi connectivity index (χ2n) is 7.97. The summed E-state index contributed by atoms with van der Waals surface area (Å²) in [5.41, 5.74) is 2.14. The van der Waals surface area contributed by atoms with Crippen molar-refractivity contribution in [2.24, 2.45) is 0 Å². The number of hydrogen-bond donors (Lipinski definition) is 1. The number of aromatic nitrogens is 2. The molecular formula is C26H23N3O5S. The molecule has 2 aromatic heterocycles. The van der Waals surface area contributed by atoms with E-state index in [0.29, 0.717) is 38.3 Å². The van der Waals surface area contributed by atoms with E-state index in [-0.39, 0.29) is 24.8 Å². The molecule has 8 nitrogen and oxygen atoms in total. The van der Waals surface area contributed by atoms with Gasteiger partial charge >= 0.3 is 5.97 Å². The molecule has 0 aliphatic carbocycles. The molecule has 178 valence electrons. The largest absolute Gasteiger partial charge is 0.461 e. The second-order valence-corrected chi connectivity index (χ2v) is 8.97. The van der Waals surface area contributed by atoms with Gasteiger partial charge in [0.15, 0.2) is 5.78 Å². The van der Waals surface area contributed by atoms with Gasteiger partial charge in [0.25, 0.3) is 5.56 Å². The van der Waals surface area contributed by atoms with Crippen molar-refractivity contribution < 1.29 is 19.1 Å². The van der Waals surface area contributed by atoms with Gasteiger partial charge in [-0.3, -0.25) is 19.0 Å². The van der Waals surface area contributed by atoms with Crippen molar-refractivity contribution in [3.05, 3.63) is 92.8 Å². The number of ether oxygens (including phenoxy) is 1. The number of Topliss-reactive ketones (excluding diaryl/α,β-unsaturated/α-hetero) is 1. The summed E-state index contributed by atoms with van der Waals surface area (Å²) >= 11 is 1.10. The first kappa shape index (κ1) is 24.0. The van der Waals surface area contributed by atoms with Crippen molar-refractivity contribution >= 4 is 44.9 Å². The van der Waals surface area contributed by atoms with Crippen LogP contribution in [0.3, 0.4) is 0 Å². The van der Waals surface area contributed by atoms with E-state index in [1.165, 1.54) is 17.8 Å². The van der Waals surface area contributed by atoms with E-state index in [1.807, 2.05) is 30.3 Å². The van der Waals surface area contributed by atoms with Gasteiger partial charge in [0.1, 0.15) is 9.71 Å². The molecule has 2 aromatic carbocycles. The number of nitrogens with one attached hydrogen (secondary N) is 1. The number of amides is 1. The summed E-state index contributed by atoms with van der Waals surface area (Å²) in [6, 6.07) is 16.1. The molecule has 0 atom stereocenters. The molecular weight excluding hydrogens is 466 g/mol. The third-order valence-electron chi connectivity index (χ3n) is 5.41. The topological polar surface area (TPSA) is 107 Å². The molecule has 0 aliphatic heterocycles. The van der Waals surface area contributed by atoms with Crippen LogP contribution in [0, 0.1) is 6.92 Å². The van der Waals surface area contributed by atoms with Crippen LogP contribution in [0.25, 0.3) is 10.2 Å². The molecule has 0 aliphatic rings. The van der Waals surface area contributed by atoms with Gasteiger partial charge in [0.05, 0.1) is 24.9 Å². The summed E-state index contributed by atoms with van der Waals surface area (Å²) in [5.74, 6) is -0.987. The molecule has 1 N–H and O–H groups in total. The van der Waals surface area contributed by atoms with Crippen molar-refractivity contribution in [1.82, 2.24) is 9.55 Å². The van der Waals surface area contributed by atoms with Gasteiger partial charge in [-0.2, -0.15) is 0 Å². The van der Waals surface area contributed by atoms with E-state index in [0.717, 1.165) is 16.9 Å². The normalized spacial score (nSPS) is 10.8. The molecule has 0 bridgehead atoms. The zero-order valence-electron chi connectivity index (χ0n) is 19.2. The Balaban J connectivity index is 1.49. The number of benzene rings is 2. The minimum Gasteiger partial charge on any atom is -0.461 e. The number of esters is 1. The fraction of sp³-hybridized carbons (Fsp3) is 0.192. The molecule has 4 rings (SSSR count). The number of rotatable bonds is 8. The number of ketones is 1. The Labute approximate surface area is 205 Å². The number of fused-ring (bicyclic) bond motifs is 1. The highest BCUT2D eigenvalue weighted by Crippen LogP contribution is 2.27. The third-order valence-corrected chi connectivity index (χ3v) is 6.59. The maximum atomic E-state index is 13.1. The lowest BCUT2D eigenvalue weighted by Gasteiger charge is -2.07. The van der Waals surface area contributed by atoms with Crippen molar-refractivity contribution in [2.45, 2.75) is 26.8 Å². The molecule has 0 radical (unpaired) electrons. The molecule has 0 unspecified atom stereocenters. The molecule has 2 heterocycles. The van der Waals surface area contributed by atoms with E-state index < -0.39 is 11.5 Å². The van der Waals surface area contributed by atoms with Gasteiger partial charge in [0, 0.05) is 24.6 Å². The van der Waals surface area contributed by atoms with Crippen LogP contribution in [0.4, 0.5) is 5.69 Å². The van der Waals surface area contributed by atoms with Crippen LogP contribution >= 0.6 is 11.3 Å². The maximum absolute atomic E-state index is 13.1. The van der Waals surface area contributed by atoms with Crippen molar-refractivity contribution in [1.29, 1.82) is 0 Å². The summed E-state index contributed by atoms with van der Waals surface area (Å²) in [4.78, 5) is 54.7. The summed E-state index contributed by atoms with van der Waals surface area (Å²) in [5, 5.41) is 2.94. The minimum atomic E-state index is -0.497. The van der Waals surface area contributed by atoms with Crippen LogP contribution in [0.5, 0.6) is 0 Å². The molecule has 0 fully saturated rings. The lowest BCUT2D eigenvalue weighted by atomic mass is 10.1. The van der Waals surface area contributed by atoms with Crippen LogP contribution < -0.4 is 10.9 Å². The lowest BCUT2D eigenvalue weighted by molar-refractivity contribution is -0.114. The number of carbonyl (C=O) groups is 3. The van der Waals surface area contributed by atoms with E-state index in [1.54, 1.807) is 31.2 Å². The Kier molecular flexibility index (Phi) is 7.17. The second kappa shape index (κ2) is 10.4. The van der Waals surface area contributed by atoms with Gasteiger partial charge in [-0.15, -0.1) is 11.3 Å². The smallest absolute Gasteiger partial charge is 0.348 e. The number of nitrogens with zero attached hydrogens (tertiary/aromatic N) is 2. The highest BCUT2D eigenvalue weighted by Gasteiger charge is 2.21. The average Bonchev–Trinajstić information content (AvgIpc) is 3.18. The molecule has 4 aromatic rings. The average molecular weight is 490 g/mol. The first-order valence-electron chi connectivity index (χ1n) is 10.9. The van der Waals surface area contributed by atoms with E-state index in [2.05, 4.69) is 10.3 Å². The van der Waals surface area contributed by atoms with Gasteiger partial charge in [-0.25, -0.2) is 9.78 Å².